The highest BCUT2D eigenvalue weighted by molar-refractivity contribution is 6.00. The number of benzene rings is 2. The minimum Gasteiger partial charge on any atom is -0.458 e. The Kier molecular flexibility index (Phi) is 26.0. The van der Waals surface area contributed by atoms with Crippen LogP contribution in [0.4, 0.5) is 0 Å². The average molecular weight is 1090 g/mol. The van der Waals surface area contributed by atoms with Gasteiger partial charge in [0.2, 0.25) is 59.1 Å². The van der Waals surface area contributed by atoms with Gasteiger partial charge in [-0.2, -0.15) is 0 Å². The monoisotopic (exact) mass is 1080 g/mol. The second-order valence-corrected chi connectivity index (χ2v) is 20.1. The molecule has 23 heteroatoms. The van der Waals surface area contributed by atoms with Crippen molar-refractivity contribution < 1.29 is 62.3 Å². The van der Waals surface area contributed by atoms with E-state index in [-0.39, 0.29) is 25.2 Å². The summed E-state index contributed by atoms with van der Waals surface area (Å²) in [6, 6.07) is 4.97. The maximum atomic E-state index is 14.5. The lowest BCUT2D eigenvalue weighted by molar-refractivity contribution is -0.156. The van der Waals surface area contributed by atoms with Crippen LogP contribution in [0.2, 0.25) is 0 Å². The molecule has 0 radical (unpaired) electrons. The molecule has 0 aliphatic carbocycles. The third-order valence-electron chi connectivity index (χ3n) is 12.6. The molecule has 2 aromatic rings. The highest BCUT2D eigenvalue weighted by atomic mass is 16.5. The van der Waals surface area contributed by atoms with E-state index in [0.717, 1.165) is 6.08 Å². The molecular formula is C55H76N10O13. The Morgan fingerprint density at radius 2 is 1.18 bits per heavy atom. The van der Waals surface area contributed by atoms with E-state index in [1.54, 1.807) is 110 Å². The number of nitrogens with one attached hydrogen (secondary N) is 9. The van der Waals surface area contributed by atoms with Gasteiger partial charge in [-0.3, -0.25) is 52.7 Å². The van der Waals surface area contributed by atoms with E-state index in [9.17, 15) is 57.5 Å². The lowest BCUT2D eigenvalue weighted by atomic mass is 9.96. The molecule has 10 amide bonds. The van der Waals surface area contributed by atoms with Crippen molar-refractivity contribution >= 4 is 83.5 Å². The van der Waals surface area contributed by atoms with Gasteiger partial charge in [0.1, 0.15) is 54.7 Å². The SMILES string of the molecule is CC[C@H](C)[C@H]1NC(=O)[C@@H](CC(N)=O)NC(=O)[C@H](NC(=O)/C=C/c2ccccc2/C=C/C=O)[C@@H](C)OC(=O)[C@H](CC(C)C)NC(=O)[C@@H](C(C)C)NC(=O)CNC(=O)CNC(=O)[C@@H](C(C)C)NC(=O)[C@H](Cc2ccccc2)NC1=O. The Morgan fingerprint density at radius 3 is 1.77 bits per heavy atom. The van der Waals surface area contributed by atoms with Gasteiger partial charge >= 0.3 is 5.97 Å². The number of ether oxygens (including phenoxy) is 1. The van der Waals surface area contributed by atoms with E-state index in [2.05, 4.69) is 47.9 Å². The van der Waals surface area contributed by atoms with E-state index in [0.29, 0.717) is 23.0 Å². The minimum absolute atomic E-state index is 0.0120. The molecule has 0 aromatic heterocycles. The summed E-state index contributed by atoms with van der Waals surface area (Å²) < 4.78 is 5.80. The second-order valence-electron chi connectivity index (χ2n) is 20.1. The van der Waals surface area contributed by atoms with Crippen molar-refractivity contribution in [3.63, 3.8) is 0 Å². The minimum atomic E-state index is -1.83. The van der Waals surface area contributed by atoms with Crippen LogP contribution in [0.1, 0.15) is 98.3 Å². The topological polar surface area (TPSA) is 348 Å². The van der Waals surface area contributed by atoms with Crippen LogP contribution in [0, 0.1) is 23.7 Å². The molecule has 1 saturated heterocycles. The van der Waals surface area contributed by atoms with Crippen LogP contribution in [-0.2, 0) is 68.7 Å². The maximum Gasteiger partial charge on any atom is 0.328 e. The van der Waals surface area contributed by atoms with E-state index < -0.39 is 151 Å². The van der Waals surface area contributed by atoms with Crippen molar-refractivity contribution in [2.24, 2.45) is 29.4 Å². The Hall–Kier alpha value is -8.24. The molecule has 0 bridgehead atoms. The van der Waals surface area contributed by atoms with Crippen LogP contribution in [0.5, 0.6) is 0 Å². The largest absolute Gasteiger partial charge is 0.458 e. The van der Waals surface area contributed by atoms with Gasteiger partial charge in [-0.25, -0.2) is 4.79 Å². The fraction of sp³-hybridized carbons (Fsp3) is 0.491. The summed E-state index contributed by atoms with van der Waals surface area (Å²) in [5.41, 5.74) is 7.26. The number of rotatable bonds is 15. The lowest BCUT2D eigenvalue weighted by Crippen LogP contribution is -2.62. The first-order chi connectivity index (χ1) is 36.8. The number of hydrogen-bond donors (Lipinski definition) is 10. The molecule has 9 atom stereocenters. The number of amides is 10. The zero-order valence-electron chi connectivity index (χ0n) is 45.6. The lowest BCUT2D eigenvalue weighted by Gasteiger charge is -2.30. The van der Waals surface area contributed by atoms with Gasteiger partial charge in [0.05, 0.1) is 19.5 Å². The predicted molar refractivity (Wildman–Crippen MR) is 288 cm³/mol. The quantitative estimate of drug-likeness (QED) is 0.0639. The molecule has 0 spiro atoms. The van der Waals surface area contributed by atoms with Gasteiger partial charge in [-0.15, -0.1) is 0 Å². The Labute approximate surface area is 454 Å². The van der Waals surface area contributed by atoms with Gasteiger partial charge in [-0.1, -0.05) is 122 Å². The highest BCUT2D eigenvalue weighted by Crippen LogP contribution is 2.16. The number of allylic oxidation sites excluding steroid dienone is 1. The van der Waals surface area contributed by atoms with Crippen LogP contribution >= 0.6 is 0 Å². The average Bonchev–Trinajstić information content (AvgIpc) is 3.38. The number of aldehydes is 1. The highest BCUT2D eigenvalue weighted by Gasteiger charge is 2.38. The summed E-state index contributed by atoms with van der Waals surface area (Å²) in [6.07, 6.45) is 3.56. The zero-order chi connectivity index (χ0) is 58.2. The Morgan fingerprint density at radius 1 is 0.641 bits per heavy atom. The Balaban J connectivity index is 2.19. The summed E-state index contributed by atoms with van der Waals surface area (Å²) in [5, 5.41) is 22.9. The summed E-state index contributed by atoms with van der Waals surface area (Å²) >= 11 is 0. The molecule has 23 nitrogen and oxygen atoms in total. The van der Waals surface area contributed by atoms with Crippen LogP contribution in [0.25, 0.3) is 12.2 Å². The van der Waals surface area contributed by atoms with Crippen molar-refractivity contribution in [1.29, 1.82) is 0 Å². The summed E-state index contributed by atoms with van der Waals surface area (Å²) in [7, 11) is 0. The van der Waals surface area contributed by atoms with Crippen LogP contribution < -0.4 is 53.6 Å². The standard InChI is InChI=1S/C55H76N10O13/c1-10-33(8)47-53(75)59-38(26-35-17-12-11-13-18-35)49(71)64-45(31(4)5)51(73)58-28-43(69)57-29-44(70)63-46(32(6)7)52(74)61-40(25-30(2)3)55(77)78-34(9)48(54(76)60-39(27-41(56)67)50(72)65-47)62-42(68)23-22-37-20-15-14-19-36(37)21-16-24-66/h11-24,30-34,38-40,45-48H,10,25-29H2,1-9H3,(H2,56,67)(H,57,69)(H,58,73)(H,59,75)(H,60,76)(H,61,74)(H,62,68)(H,63,70)(H,64,71)(H,65,72)/b21-16+,23-22+/t33-,34+,38-,39+,40-,45+,46+,47+,48+/m0/s1. The number of carbonyl (C=O) groups is 12. The fourth-order valence-corrected chi connectivity index (χ4v) is 8.02. The zero-order valence-corrected chi connectivity index (χ0v) is 45.6. The van der Waals surface area contributed by atoms with Crippen LogP contribution in [-0.4, -0.2) is 133 Å². The molecule has 1 heterocycles. The number of carbonyl (C=O) groups excluding carboxylic acids is 12. The van der Waals surface area contributed by atoms with Crippen molar-refractivity contribution in [2.45, 2.75) is 136 Å². The van der Waals surface area contributed by atoms with Gasteiger partial charge in [0, 0.05) is 12.5 Å². The molecule has 78 heavy (non-hydrogen) atoms. The molecule has 0 unspecified atom stereocenters. The smallest absolute Gasteiger partial charge is 0.328 e. The van der Waals surface area contributed by atoms with Crippen molar-refractivity contribution in [2.75, 3.05) is 13.1 Å². The van der Waals surface area contributed by atoms with E-state index >= 15 is 0 Å². The van der Waals surface area contributed by atoms with Gasteiger partial charge in [0.25, 0.3) is 0 Å². The van der Waals surface area contributed by atoms with Crippen LogP contribution in [0.3, 0.4) is 0 Å². The third-order valence-corrected chi connectivity index (χ3v) is 12.6. The third kappa shape index (κ3) is 21.1. The van der Waals surface area contributed by atoms with Gasteiger partial charge in [0.15, 0.2) is 0 Å². The molecule has 3 rings (SSSR count). The van der Waals surface area contributed by atoms with Crippen LogP contribution in [0.15, 0.2) is 66.7 Å². The van der Waals surface area contributed by atoms with E-state index in [1.807, 2.05) is 0 Å². The number of hydrogen-bond acceptors (Lipinski definition) is 13. The van der Waals surface area contributed by atoms with Gasteiger partial charge < -0.3 is 58.3 Å². The number of esters is 1. The van der Waals surface area contributed by atoms with Crippen molar-refractivity contribution in [3.8, 4) is 0 Å². The number of nitrogens with two attached hydrogens (primary N) is 1. The predicted octanol–water partition coefficient (Wildman–Crippen LogP) is 0.00550. The molecule has 1 aliphatic heterocycles. The van der Waals surface area contributed by atoms with E-state index in [4.69, 9.17) is 10.5 Å². The molecular weight excluding hydrogens is 1010 g/mol. The molecule has 2 aromatic carbocycles. The molecule has 1 aliphatic rings. The molecule has 0 saturated carbocycles. The van der Waals surface area contributed by atoms with Crippen molar-refractivity contribution in [1.82, 2.24) is 47.9 Å². The number of primary amides is 1. The fourth-order valence-electron chi connectivity index (χ4n) is 8.02. The summed E-state index contributed by atoms with van der Waals surface area (Å²) in [6.45, 7) is 13.4. The number of cyclic esters (lactones) is 1. The summed E-state index contributed by atoms with van der Waals surface area (Å²) in [5.74, 6) is -12.2. The van der Waals surface area contributed by atoms with E-state index in [1.165, 1.54) is 25.2 Å². The molecule has 1 fully saturated rings. The normalized spacial score (nSPS) is 23.8. The second kappa shape index (κ2) is 31.7. The molecule has 424 valence electrons. The first kappa shape index (κ1) is 64.0. The molecule has 11 N–H and O–H groups in total. The summed E-state index contributed by atoms with van der Waals surface area (Å²) in [4.78, 5) is 163. The van der Waals surface area contributed by atoms with Gasteiger partial charge in [-0.05, 0) is 65.9 Å². The maximum absolute atomic E-state index is 14.5. The first-order valence-electron chi connectivity index (χ1n) is 25.9. The Bertz CT molecular complexity index is 2530. The first-order valence-corrected chi connectivity index (χ1v) is 25.9. The van der Waals surface area contributed by atoms with Crippen molar-refractivity contribution in [3.05, 3.63) is 83.4 Å².